The van der Waals surface area contributed by atoms with Gasteiger partial charge in [0.2, 0.25) is 5.13 Å². The van der Waals surface area contributed by atoms with Gasteiger partial charge in [0.05, 0.1) is 6.54 Å². The first-order chi connectivity index (χ1) is 8.11. The predicted molar refractivity (Wildman–Crippen MR) is 60.8 cm³/mol. The van der Waals surface area contributed by atoms with Crippen LogP contribution in [-0.4, -0.2) is 51.9 Å². The molecule has 0 aliphatic carbocycles. The molecule has 3 N–H and O–H groups in total. The third kappa shape index (κ3) is 2.34. The predicted octanol–water partition coefficient (Wildman–Crippen LogP) is -1.38. The maximum Gasteiger partial charge on any atom is 0.312 e. The van der Waals surface area contributed by atoms with Gasteiger partial charge in [-0.1, -0.05) is 11.3 Å². The number of nitrogens with zero attached hydrogens (tertiary/aromatic N) is 4. The first-order valence-electron chi connectivity index (χ1n) is 4.95. The maximum atomic E-state index is 11.7. The van der Waals surface area contributed by atoms with Gasteiger partial charge in [0.1, 0.15) is 5.01 Å². The van der Waals surface area contributed by atoms with Gasteiger partial charge in [-0.05, 0) is 0 Å². The third-order valence-corrected chi connectivity index (χ3v) is 3.28. The lowest BCUT2D eigenvalue weighted by Crippen LogP contribution is -2.52. The van der Waals surface area contributed by atoms with E-state index in [0.29, 0.717) is 23.2 Å². The molecule has 92 valence electrons. The standard InChI is InChI=1S/C8H12N6O2S/c1-13-2-3-14(7(16)6(13)15)4-5-11-12-8(10-9)17-5/h2-4,9H2,1H3,(H,10,12). The van der Waals surface area contributed by atoms with Gasteiger partial charge in [0.25, 0.3) is 0 Å². The number of hydrazine groups is 1. The molecule has 17 heavy (non-hydrogen) atoms. The van der Waals surface area contributed by atoms with Crippen molar-refractivity contribution in [3.8, 4) is 0 Å². The van der Waals surface area contributed by atoms with E-state index >= 15 is 0 Å². The fraction of sp³-hybridized carbons (Fsp3) is 0.500. The summed E-state index contributed by atoms with van der Waals surface area (Å²) in [6.45, 7) is 1.33. The second-order valence-corrected chi connectivity index (χ2v) is 4.66. The van der Waals surface area contributed by atoms with E-state index in [0.717, 1.165) is 0 Å². The number of nitrogen functional groups attached to an aromatic ring is 1. The van der Waals surface area contributed by atoms with Crippen molar-refractivity contribution in [3.63, 3.8) is 0 Å². The summed E-state index contributed by atoms with van der Waals surface area (Å²) in [5.74, 6) is 4.19. The first kappa shape index (κ1) is 11.7. The summed E-state index contributed by atoms with van der Waals surface area (Å²) in [6.07, 6.45) is 0. The van der Waals surface area contributed by atoms with E-state index in [-0.39, 0.29) is 6.54 Å². The Balaban J connectivity index is 2.04. The summed E-state index contributed by atoms with van der Waals surface area (Å²) in [7, 11) is 1.61. The van der Waals surface area contributed by atoms with E-state index in [4.69, 9.17) is 5.84 Å². The van der Waals surface area contributed by atoms with Gasteiger partial charge in [-0.25, -0.2) is 5.84 Å². The average molecular weight is 256 g/mol. The Hall–Kier alpha value is -1.74. The van der Waals surface area contributed by atoms with E-state index in [1.165, 1.54) is 21.1 Å². The van der Waals surface area contributed by atoms with E-state index in [9.17, 15) is 9.59 Å². The molecule has 8 nitrogen and oxygen atoms in total. The summed E-state index contributed by atoms with van der Waals surface area (Å²) >= 11 is 1.25. The second kappa shape index (κ2) is 4.63. The van der Waals surface area contributed by atoms with Crippen molar-refractivity contribution < 1.29 is 9.59 Å². The van der Waals surface area contributed by atoms with Crippen LogP contribution in [-0.2, 0) is 16.1 Å². The van der Waals surface area contributed by atoms with Crippen LogP contribution in [0.15, 0.2) is 0 Å². The number of amides is 2. The topological polar surface area (TPSA) is 104 Å². The second-order valence-electron chi connectivity index (χ2n) is 3.60. The maximum absolute atomic E-state index is 11.7. The van der Waals surface area contributed by atoms with Crippen LogP contribution in [0.5, 0.6) is 0 Å². The Morgan fingerprint density at radius 3 is 2.76 bits per heavy atom. The number of hydrogen-bond acceptors (Lipinski definition) is 7. The number of likely N-dealkylation sites (N-methyl/N-ethyl adjacent to an activating group) is 1. The van der Waals surface area contributed by atoms with Gasteiger partial charge in [0, 0.05) is 20.1 Å². The molecule has 0 saturated carbocycles. The smallest absolute Gasteiger partial charge is 0.312 e. The van der Waals surface area contributed by atoms with Gasteiger partial charge in [-0.3, -0.25) is 15.0 Å². The summed E-state index contributed by atoms with van der Waals surface area (Å²) in [4.78, 5) is 26.0. The Kier molecular flexibility index (Phi) is 3.20. The van der Waals surface area contributed by atoms with E-state index < -0.39 is 11.8 Å². The molecule has 1 aromatic heterocycles. The fourth-order valence-electron chi connectivity index (χ4n) is 1.46. The molecule has 0 atom stereocenters. The van der Waals surface area contributed by atoms with Crippen molar-refractivity contribution in [1.29, 1.82) is 0 Å². The van der Waals surface area contributed by atoms with Crippen molar-refractivity contribution in [1.82, 2.24) is 20.0 Å². The molecule has 0 unspecified atom stereocenters. The molecular formula is C8H12N6O2S. The molecule has 0 bridgehead atoms. The summed E-state index contributed by atoms with van der Waals surface area (Å²) in [5.41, 5.74) is 2.38. The average Bonchev–Trinajstić information content (AvgIpc) is 2.78. The zero-order valence-electron chi connectivity index (χ0n) is 9.21. The van der Waals surface area contributed by atoms with Gasteiger partial charge < -0.3 is 9.80 Å². The summed E-state index contributed by atoms with van der Waals surface area (Å²) in [6, 6.07) is 0. The minimum absolute atomic E-state index is 0.289. The van der Waals surface area contributed by atoms with Crippen molar-refractivity contribution in [2.45, 2.75) is 6.54 Å². The Labute approximate surface area is 101 Å². The van der Waals surface area contributed by atoms with Gasteiger partial charge in [-0.2, -0.15) is 0 Å². The molecular weight excluding hydrogens is 244 g/mol. The Morgan fingerprint density at radius 2 is 2.12 bits per heavy atom. The molecule has 9 heteroatoms. The number of carbonyl (C=O) groups is 2. The van der Waals surface area contributed by atoms with E-state index in [1.807, 2.05) is 0 Å². The Bertz CT molecular complexity index is 447. The number of rotatable bonds is 3. The van der Waals surface area contributed by atoms with Crippen LogP contribution in [0, 0.1) is 0 Å². The molecule has 0 aromatic carbocycles. The van der Waals surface area contributed by atoms with Gasteiger partial charge in [-0.15, -0.1) is 10.2 Å². The highest BCUT2D eigenvalue weighted by Gasteiger charge is 2.30. The molecule has 2 amide bonds. The lowest BCUT2D eigenvalue weighted by Gasteiger charge is -2.30. The van der Waals surface area contributed by atoms with Crippen molar-refractivity contribution >= 4 is 28.3 Å². The molecule has 1 aliphatic rings. The van der Waals surface area contributed by atoms with Crippen LogP contribution in [0.1, 0.15) is 5.01 Å². The highest BCUT2D eigenvalue weighted by molar-refractivity contribution is 7.15. The lowest BCUT2D eigenvalue weighted by molar-refractivity contribution is -0.155. The van der Waals surface area contributed by atoms with Gasteiger partial charge >= 0.3 is 11.8 Å². The monoisotopic (exact) mass is 256 g/mol. The fourth-order valence-corrected chi connectivity index (χ4v) is 2.13. The number of nitrogens with two attached hydrogens (primary N) is 1. The molecule has 1 fully saturated rings. The summed E-state index contributed by atoms with van der Waals surface area (Å²) < 4.78 is 0. The third-order valence-electron chi connectivity index (χ3n) is 2.44. The minimum atomic E-state index is -0.504. The Morgan fingerprint density at radius 1 is 1.35 bits per heavy atom. The van der Waals surface area contributed by atoms with Crippen molar-refractivity contribution in [3.05, 3.63) is 5.01 Å². The number of nitrogens with one attached hydrogen (secondary N) is 1. The molecule has 1 aliphatic heterocycles. The highest BCUT2D eigenvalue weighted by atomic mass is 32.1. The van der Waals surface area contributed by atoms with E-state index in [2.05, 4.69) is 15.6 Å². The van der Waals surface area contributed by atoms with Crippen LogP contribution in [0.2, 0.25) is 0 Å². The quantitative estimate of drug-likeness (QED) is 0.392. The number of carbonyl (C=O) groups excluding carboxylic acids is 2. The lowest BCUT2D eigenvalue weighted by atomic mass is 10.3. The SMILES string of the molecule is CN1CCN(Cc2nnc(NN)s2)C(=O)C1=O. The van der Waals surface area contributed by atoms with E-state index in [1.54, 1.807) is 7.05 Å². The molecule has 1 saturated heterocycles. The van der Waals surface area contributed by atoms with Crippen LogP contribution >= 0.6 is 11.3 Å². The number of piperazine rings is 1. The molecule has 2 rings (SSSR count). The first-order valence-corrected chi connectivity index (χ1v) is 5.77. The zero-order chi connectivity index (χ0) is 12.4. The molecule has 0 radical (unpaired) electrons. The normalized spacial score (nSPS) is 16.6. The van der Waals surface area contributed by atoms with Crippen molar-refractivity contribution in [2.24, 2.45) is 5.84 Å². The van der Waals surface area contributed by atoms with Crippen molar-refractivity contribution in [2.75, 3.05) is 25.6 Å². The molecule has 2 heterocycles. The van der Waals surface area contributed by atoms with Gasteiger partial charge in [0.15, 0.2) is 0 Å². The van der Waals surface area contributed by atoms with Crippen LogP contribution in [0.3, 0.4) is 0 Å². The van der Waals surface area contributed by atoms with Crippen LogP contribution in [0.25, 0.3) is 0 Å². The highest BCUT2D eigenvalue weighted by Crippen LogP contribution is 2.16. The van der Waals surface area contributed by atoms with Crippen LogP contribution < -0.4 is 11.3 Å². The number of aromatic nitrogens is 2. The summed E-state index contributed by atoms with van der Waals surface area (Å²) in [5, 5.41) is 8.75. The minimum Gasteiger partial charge on any atom is -0.336 e. The zero-order valence-corrected chi connectivity index (χ0v) is 10.0. The number of hydrogen-bond donors (Lipinski definition) is 2. The van der Waals surface area contributed by atoms with Crippen LogP contribution in [0.4, 0.5) is 5.13 Å². The molecule has 0 spiro atoms. The molecule has 1 aromatic rings. The largest absolute Gasteiger partial charge is 0.336 e. The number of anilines is 1.